The number of benzene rings is 1. The van der Waals surface area contributed by atoms with Crippen LogP contribution < -0.4 is 0 Å². The van der Waals surface area contributed by atoms with E-state index in [-0.39, 0.29) is 5.91 Å². The molecule has 2 aliphatic rings. The number of rotatable bonds is 4. The fourth-order valence-electron chi connectivity index (χ4n) is 3.29. The molecule has 1 aliphatic heterocycles. The molecule has 1 aromatic heterocycles. The minimum absolute atomic E-state index is 0.182. The zero-order valence-corrected chi connectivity index (χ0v) is 13.7. The molecule has 0 spiro atoms. The molecule has 2 heterocycles. The molecule has 1 fully saturated rings. The fourth-order valence-corrected chi connectivity index (χ4v) is 4.31. The monoisotopic (exact) mass is 329 g/mol. The third-order valence-electron chi connectivity index (χ3n) is 4.51. The molecule has 0 N–H and O–H groups in total. The van der Waals surface area contributed by atoms with Gasteiger partial charge in [0.1, 0.15) is 0 Å². The lowest BCUT2D eigenvalue weighted by Crippen LogP contribution is -2.23. The van der Waals surface area contributed by atoms with Crippen molar-refractivity contribution in [1.29, 1.82) is 0 Å². The van der Waals surface area contributed by atoms with Crippen molar-refractivity contribution in [3.8, 4) is 0 Å². The van der Waals surface area contributed by atoms with Crippen LogP contribution in [0.4, 0.5) is 0 Å². The topological polar surface area (TPSA) is 59.2 Å². The Balaban J connectivity index is 1.38. The molecular weight excluding hydrogens is 310 g/mol. The Morgan fingerprint density at radius 3 is 2.91 bits per heavy atom. The summed E-state index contributed by atoms with van der Waals surface area (Å²) in [6, 6.07) is 8.63. The van der Waals surface area contributed by atoms with Gasteiger partial charge in [-0.3, -0.25) is 4.79 Å². The number of aryl methyl sites for hydroxylation is 1. The highest BCUT2D eigenvalue weighted by Crippen LogP contribution is 2.33. The van der Waals surface area contributed by atoms with E-state index in [1.807, 2.05) is 0 Å². The lowest BCUT2D eigenvalue weighted by Gasteiger charge is -2.22. The van der Waals surface area contributed by atoms with E-state index in [1.54, 1.807) is 16.7 Å². The summed E-state index contributed by atoms with van der Waals surface area (Å²) in [4.78, 5) is 13.4. The van der Waals surface area contributed by atoms with Gasteiger partial charge in [-0.2, -0.15) is 0 Å². The maximum Gasteiger partial charge on any atom is 0.276 e. The number of hydrogen-bond donors (Lipinski definition) is 0. The van der Waals surface area contributed by atoms with Crippen LogP contribution in [0, 0.1) is 0 Å². The molecule has 1 saturated heterocycles. The average molecular weight is 329 g/mol. The summed E-state index contributed by atoms with van der Waals surface area (Å²) in [6.07, 6.45) is 4.84. The second-order valence-corrected chi connectivity index (χ2v) is 7.38. The van der Waals surface area contributed by atoms with Crippen molar-refractivity contribution >= 4 is 17.7 Å². The molecular formula is C17H19N3O2S. The van der Waals surface area contributed by atoms with Crippen LogP contribution in [-0.2, 0) is 24.2 Å². The van der Waals surface area contributed by atoms with E-state index >= 15 is 0 Å². The van der Waals surface area contributed by atoms with Crippen molar-refractivity contribution < 1.29 is 9.21 Å². The molecule has 0 radical (unpaired) electrons. The van der Waals surface area contributed by atoms with Crippen LogP contribution in [0.15, 0.2) is 33.9 Å². The van der Waals surface area contributed by atoms with Gasteiger partial charge in [-0.05, 0) is 36.8 Å². The molecule has 4 rings (SSSR count). The van der Waals surface area contributed by atoms with Crippen LogP contribution in [0.1, 0.15) is 36.3 Å². The van der Waals surface area contributed by atoms with E-state index in [0.29, 0.717) is 29.3 Å². The van der Waals surface area contributed by atoms with E-state index in [9.17, 15) is 4.79 Å². The number of carbonyl (C=O) groups is 1. The molecule has 2 aromatic rings. The van der Waals surface area contributed by atoms with Gasteiger partial charge in [0.25, 0.3) is 5.22 Å². The third-order valence-corrected chi connectivity index (χ3v) is 5.62. The highest BCUT2D eigenvalue weighted by molar-refractivity contribution is 7.99. The number of likely N-dealkylation sites (tertiary alicyclic amines) is 1. The summed E-state index contributed by atoms with van der Waals surface area (Å²) in [7, 11) is 0. The third kappa shape index (κ3) is 3.27. The lowest BCUT2D eigenvalue weighted by atomic mass is 9.92. The number of hydrogen-bond acceptors (Lipinski definition) is 5. The summed E-state index contributed by atoms with van der Waals surface area (Å²) in [5, 5.41) is 9.33. The first-order chi connectivity index (χ1) is 11.3. The molecule has 1 atom stereocenters. The first kappa shape index (κ1) is 14.8. The minimum atomic E-state index is 0.182. The second-order valence-electron chi connectivity index (χ2n) is 6.13. The van der Waals surface area contributed by atoms with Crippen molar-refractivity contribution in [2.45, 2.75) is 49.1 Å². The smallest absolute Gasteiger partial charge is 0.276 e. The van der Waals surface area contributed by atoms with Crippen LogP contribution >= 0.6 is 11.8 Å². The predicted octanol–water partition coefficient (Wildman–Crippen LogP) is 2.84. The van der Waals surface area contributed by atoms with Gasteiger partial charge in [0.05, 0.1) is 6.54 Å². The molecule has 5 nitrogen and oxygen atoms in total. The molecule has 6 heteroatoms. The van der Waals surface area contributed by atoms with Crippen LogP contribution in [-0.4, -0.2) is 32.8 Å². The number of nitrogens with zero attached hydrogens (tertiary/aromatic N) is 3. The van der Waals surface area contributed by atoms with E-state index in [0.717, 1.165) is 32.2 Å². The van der Waals surface area contributed by atoms with Crippen LogP contribution in [0.25, 0.3) is 0 Å². The molecule has 23 heavy (non-hydrogen) atoms. The van der Waals surface area contributed by atoms with Gasteiger partial charge in [0.2, 0.25) is 11.8 Å². The van der Waals surface area contributed by atoms with Gasteiger partial charge in [0, 0.05) is 18.2 Å². The first-order valence-electron chi connectivity index (χ1n) is 8.11. The molecule has 1 aromatic carbocycles. The molecule has 0 unspecified atom stereocenters. The standard InChI is InChI=1S/C17H19N3O2S/c21-16-6-3-9-20(16)11-15-18-19-17(22-15)23-14-8-7-12-4-1-2-5-13(12)10-14/h1-2,4-5,14H,3,6-11H2/t14-/m1/s1. The number of thioether (sulfide) groups is 1. The van der Waals surface area contributed by atoms with Gasteiger partial charge < -0.3 is 9.32 Å². The zero-order chi connectivity index (χ0) is 15.6. The summed E-state index contributed by atoms with van der Waals surface area (Å²) in [5.41, 5.74) is 2.89. The van der Waals surface area contributed by atoms with Crippen molar-refractivity contribution in [2.24, 2.45) is 0 Å². The van der Waals surface area contributed by atoms with Crippen molar-refractivity contribution in [2.75, 3.05) is 6.54 Å². The van der Waals surface area contributed by atoms with Crippen molar-refractivity contribution in [3.63, 3.8) is 0 Å². The van der Waals surface area contributed by atoms with Crippen LogP contribution in [0.3, 0.4) is 0 Å². The average Bonchev–Trinajstić information content (AvgIpc) is 3.17. The Bertz CT molecular complexity index is 715. The maximum atomic E-state index is 11.7. The van der Waals surface area contributed by atoms with Gasteiger partial charge >= 0.3 is 0 Å². The Labute approximate surface area is 139 Å². The Morgan fingerprint density at radius 2 is 2.09 bits per heavy atom. The number of aromatic nitrogens is 2. The lowest BCUT2D eigenvalue weighted by molar-refractivity contribution is -0.128. The van der Waals surface area contributed by atoms with Gasteiger partial charge in [-0.15, -0.1) is 10.2 Å². The Hall–Kier alpha value is -1.82. The zero-order valence-electron chi connectivity index (χ0n) is 12.9. The molecule has 1 aliphatic carbocycles. The highest BCUT2D eigenvalue weighted by atomic mass is 32.2. The van der Waals surface area contributed by atoms with E-state index in [2.05, 4.69) is 34.5 Å². The SMILES string of the molecule is O=C1CCCN1Cc1nnc(S[C@@H]2CCc3ccccc3C2)o1. The summed E-state index contributed by atoms with van der Waals surface area (Å²) < 4.78 is 5.73. The predicted molar refractivity (Wildman–Crippen MR) is 87.1 cm³/mol. The molecule has 0 saturated carbocycles. The second kappa shape index (κ2) is 6.35. The van der Waals surface area contributed by atoms with E-state index in [1.165, 1.54) is 11.1 Å². The van der Waals surface area contributed by atoms with Crippen LogP contribution in [0.2, 0.25) is 0 Å². The van der Waals surface area contributed by atoms with E-state index in [4.69, 9.17) is 4.42 Å². The van der Waals surface area contributed by atoms with Gasteiger partial charge in [-0.1, -0.05) is 36.0 Å². The Morgan fingerprint density at radius 1 is 1.22 bits per heavy atom. The van der Waals surface area contributed by atoms with Gasteiger partial charge in [-0.25, -0.2) is 0 Å². The van der Waals surface area contributed by atoms with Crippen LogP contribution in [0.5, 0.6) is 0 Å². The highest BCUT2D eigenvalue weighted by Gasteiger charge is 2.24. The minimum Gasteiger partial charge on any atom is -0.414 e. The normalized spacial score (nSPS) is 20.8. The van der Waals surface area contributed by atoms with Crippen molar-refractivity contribution in [1.82, 2.24) is 15.1 Å². The fraction of sp³-hybridized carbons (Fsp3) is 0.471. The molecule has 0 bridgehead atoms. The Kier molecular flexibility index (Phi) is 4.08. The van der Waals surface area contributed by atoms with Crippen molar-refractivity contribution in [3.05, 3.63) is 41.3 Å². The molecule has 1 amide bonds. The molecule has 120 valence electrons. The summed E-state index contributed by atoms with van der Waals surface area (Å²) >= 11 is 1.66. The summed E-state index contributed by atoms with van der Waals surface area (Å²) in [5.74, 6) is 0.722. The first-order valence-corrected chi connectivity index (χ1v) is 8.99. The summed E-state index contributed by atoms with van der Waals surface area (Å²) in [6.45, 7) is 1.24. The maximum absolute atomic E-state index is 11.7. The number of carbonyl (C=O) groups excluding carboxylic acids is 1. The number of fused-ring (bicyclic) bond motifs is 1. The quantitative estimate of drug-likeness (QED) is 0.863. The number of amides is 1. The largest absolute Gasteiger partial charge is 0.414 e. The van der Waals surface area contributed by atoms with E-state index < -0.39 is 0 Å². The van der Waals surface area contributed by atoms with Gasteiger partial charge in [0.15, 0.2) is 0 Å².